The molecule has 1 aromatic carbocycles. The van der Waals surface area contributed by atoms with Crippen LogP contribution in [0, 0.1) is 13.8 Å². The van der Waals surface area contributed by atoms with E-state index < -0.39 is 0 Å². The first-order chi connectivity index (χ1) is 10.1. The minimum atomic E-state index is -0.112. The molecule has 116 valence electrons. The van der Waals surface area contributed by atoms with Gasteiger partial charge in [-0.25, -0.2) is 0 Å². The lowest BCUT2D eigenvalue weighted by atomic mass is 10.1. The van der Waals surface area contributed by atoms with E-state index in [0.717, 1.165) is 36.1 Å². The molecule has 0 unspecified atom stereocenters. The number of carbonyl (C=O) groups excluding carboxylic acids is 1. The third-order valence-electron chi connectivity index (χ3n) is 3.66. The van der Waals surface area contributed by atoms with E-state index in [-0.39, 0.29) is 5.97 Å². The highest BCUT2D eigenvalue weighted by Gasteiger charge is 2.09. The molecule has 0 radical (unpaired) electrons. The summed E-state index contributed by atoms with van der Waals surface area (Å²) in [5.41, 5.74) is 2.04. The van der Waals surface area contributed by atoms with Crippen LogP contribution in [0.25, 0.3) is 0 Å². The number of hydrogen-bond acceptors (Lipinski definition) is 2. The summed E-state index contributed by atoms with van der Waals surface area (Å²) >= 11 is 0. The summed E-state index contributed by atoms with van der Waals surface area (Å²) in [5, 5.41) is 0. The first kappa shape index (κ1) is 17.5. The van der Waals surface area contributed by atoms with Gasteiger partial charge < -0.3 is 4.74 Å². The van der Waals surface area contributed by atoms with Crippen molar-refractivity contribution in [3.8, 4) is 5.75 Å². The van der Waals surface area contributed by atoms with Crippen molar-refractivity contribution in [2.75, 3.05) is 0 Å². The number of aryl methyl sites for hydroxylation is 2. The van der Waals surface area contributed by atoms with Crippen LogP contribution >= 0.6 is 0 Å². The minimum absolute atomic E-state index is 0.112. The van der Waals surface area contributed by atoms with E-state index in [0.29, 0.717) is 6.42 Å². The summed E-state index contributed by atoms with van der Waals surface area (Å²) in [6.07, 6.45) is 10.6. The predicted molar refractivity (Wildman–Crippen MR) is 88.7 cm³/mol. The molecule has 0 aliphatic carbocycles. The average molecular weight is 288 g/mol. The molecule has 0 aliphatic heterocycles. The summed E-state index contributed by atoms with van der Waals surface area (Å²) in [4.78, 5) is 11.9. The van der Waals surface area contributed by atoms with Crippen LogP contribution in [0.2, 0.25) is 0 Å². The fourth-order valence-electron chi connectivity index (χ4n) is 2.39. The van der Waals surface area contributed by atoms with Gasteiger partial charge in [-0.05, 0) is 44.2 Å². The van der Waals surface area contributed by atoms with Gasteiger partial charge in [0, 0.05) is 6.42 Å². The van der Waals surface area contributed by atoms with Gasteiger partial charge in [-0.2, -0.15) is 0 Å². The molecule has 0 heterocycles. The second kappa shape index (κ2) is 10.2. The van der Waals surface area contributed by atoms with Crippen LogP contribution in [0.5, 0.6) is 5.75 Å². The second-order valence-corrected chi connectivity index (χ2v) is 5.64. The van der Waals surface area contributed by atoms with E-state index in [1.165, 1.54) is 25.7 Å². The highest BCUT2D eigenvalue weighted by Crippen LogP contribution is 2.23. The Kier molecular flexibility index (Phi) is 8.49. The Labute approximate surface area is 129 Å². The number of unbranched alkanes of at least 4 members (excludes halogenated alkanes) is 6. The van der Waals surface area contributed by atoms with Crippen molar-refractivity contribution in [2.45, 2.75) is 65.2 Å². The number of allylic oxidation sites excluding steroid dienone is 1. The van der Waals surface area contributed by atoms with Crippen molar-refractivity contribution in [1.29, 1.82) is 0 Å². The quantitative estimate of drug-likeness (QED) is 0.245. The van der Waals surface area contributed by atoms with Crippen molar-refractivity contribution in [2.24, 2.45) is 0 Å². The van der Waals surface area contributed by atoms with Crippen LogP contribution in [-0.2, 0) is 4.79 Å². The molecule has 0 atom stereocenters. The molecule has 0 bridgehead atoms. The molecule has 2 heteroatoms. The van der Waals surface area contributed by atoms with Gasteiger partial charge in [0.15, 0.2) is 0 Å². The van der Waals surface area contributed by atoms with Gasteiger partial charge in [0.1, 0.15) is 5.75 Å². The maximum absolute atomic E-state index is 11.9. The highest BCUT2D eigenvalue weighted by molar-refractivity contribution is 5.73. The Morgan fingerprint density at radius 2 is 1.62 bits per heavy atom. The van der Waals surface area contributed by atoms with E-state index in [1.54, 1.807) is 0 Å². The smallest absolute Gasteiger partial charge is 0.311 e. The van der Waals surface area contributed by atoms with E-state index in [9.17, 15) is 4.79 Å². The Morgan fingerprint density at radius 3 is 2.24 bits per heavy atom. The van der Waals surface area contributed by atoms with Crippen LogP contribution in [0.15, 0.2) is 30.9 Å². The number of ether oxygens (including phenoxy) is 1. The molecule has 0 amide bonds. The van der Waals surface area contributed by atoms with E-state index >= 15 is 0 Å². The Morgan fingerprint density at radius 1 is 1.05 bits per heavy atom. The Balaban J connectivity index is 2.16. The normalized spacial score (nSPS) is 10.4. The lowest BCUT2D eigenvalue weighted by Crippen LogP contribution is -2.09. The first-order valence-electron chi connectivity index (χ1n) is 8.03. The standard InChI is InChI=1S/C19H28O2/c1-4-5-6-7-8-9-10-11-15-18(20)21-19-16(2)13-12-14-17(19)3/h4,12-14H,1,5-11,15H2,2-3H3. The summed E-state index contributed by atoms with van der Waals surface area (Å²) in [7, 11) is 0. The summed E-state index contributed by atoms with van der Waals surface area (Å²) < 4.78 is 5.49. The lowest BCUT2D eigenvalue weighted by molar-refractivity contribution is -0.134. The fraction of sp³-hybridized carbons (Fsp3) is 0.526. The third kappa shape index (κ3) is 7.12. The number of benzene rings is 1. The molecule has 0 saturated carbocycles. The molecule has 1 aromatic rings. The predicted octanol–water partition coefficient (Wildman–Crippen LogP) is 5.52. The SMILES string of the molecule is C=CCCCCCCCCC(=O)Oc1c(C)cccc1C. The Hall–Kier alpha value is -1.57. The number of rotatable bonds is 10. The van der Waals surface area contributed by atoms with E-state index in [1.807, 2.05) is 38.1 Å². The molecular formula is C19H28O2. The van der Waals surface area contributed by atoms with E-state index in [2.05, 4.69) is 6.58 Å². The topological polar surface area (TPSA) is 26.3 Å². The summed E-state index contributed by atoms with van der Waals surface area (Å²) in [6, 6.07) is 5.92. The van der Waals surface area contributed by atoms with Crippen molar-refractivity contribution >= 4 is 5.97 Å². The number of hydrogen-bond donors (Lipinski definition) is 0. The maximum Gasteiger partial charge on any atom is 0.311 e. The zero-order chi connectivity index (χ0) is 15.5. The second-order valence-electron chi connectivity index (χ2n) is 5.64. The minimum Gasteiger partial charge on any atom is -0.426 e. The van der Waals surface area contributed by atoms with Gasteiger partial charge in [0.2, 0.25) is 0 Å². The van der Waals surface area contributed by atoms with Gasteiger partial charge in [-0.1, -0.05) is 50.0 Å². The number of esters is 1. The maximum atomic E-state index is 11.9. The van der Waals surface area contributed by atoms with E-state index in [4.69, 9.17) is 4.74 Å². The van der Waals surface area contributed by atoms with Crippen molar-refractivity contribution in [3.05, 3.63) is 42.0 Å². The molecule has 0 spiro atoms. The van der Waals surface area contributed by atoms with Crippen molar-refractivity contribution < 1.29 is 9.53 Å². The molecule has 1 rings (SSSR count). The fourth-order valence-corrected chi connectivity index (χ4v) is 2.39. The van der Waals surface area contributed by atoms with Crippen LogP contribution < -0.4 is 4.74 Å². The van der Waals surface area contributed by atoms with Crippen LogP contribution in [0.4, 0.5) is 0 Å². The summed E-state index contributed by atoms with van der Waals surface area (Å²) in [5.74, 6) is 0.617. The molecule has 0 saturated heterocycles. The highest BCUT2D eigenvalue weighted by atomic mass is 16.5. The number of carbonyl (C=O) groups is 1. The van der Waals surface area contributed by atoms with Crippen LogP contribution in [0.1, 0.15) is 62.5 Å². The molecular weight excluding hydrogens is 260 g/mol. The van der Waals surface area contributed by atoms with Crippen LogP contribution in [-0.4, -0.2) is 5.97 Å². The molecule has 2 nitrogen and oxygen atoms in total. The molecule has 21 heavy (non-hydrogen) atoms. The third-order valence-corrected chi connectivity index (χ3v) is 3.66. The molecule has 0 N–H and O–H groups in total. The molecule has 0 fully saturated rings. The molecule has 0 aromatic heterocycles. The summed E-state index contributed by atoms with van der Waals surface area (Å²) in [6.45, 7) is 7.66. The largest absolute Gasteiger partial charge is 0.426 e. The van der Waals surface area contributed by atoms with Crippen molar-refractivity contribution in [3.63, 3.8) is 0 Å². The lowest BCUT2D eigenvalue weighted by Gasteiger charge is -2.10. The molecule has 0 aliphatic rings. The van der Waals surface area contributed by atoms with Gasteiger partial charge in [0.25, 0.3) is 0 Å². The van der Waals surface area contributed by atoms with Gasteiger partial charge in [-0.15, -0.1) is 6.58 Å². The zero-order valence-corrected chi connectivity index (χ0v) is 13.5. The van der Waals surface area contributed by atoms with Gasteiger partial charge in [0.05, 0.1) is 0 Å². The number of para-hydroxylation sites is 1. The zero-order valence-electron chi connectivity index (χ0n) is 13.5. The van der Waals surface area contributed by atoms with Gasteiger partial charge in [-0.3, -0.25) is 4.79 Å². The van der Waals surface area contributed by atoms with Gasteiger partial charge >= 0.3 is 5.97 Å². The Bertz CT molecular complexity index is 429. The first-order valence-corrected chi connectivity index (χ1v) is 8.03. The van der Waals surface area contributed by atoms with Crippen molar-refractivity contribution in [1.82, 2.24) is 0 Å². The average Bonchev–Trinajstić information content (AvgIpc) is 2.46. The van der Waals surface area contributed by atoms with Crippen LogP contribution in [0.3, 0.4) is 0 Å². The monoisotopic (exact) mass is 288 g/mol.